The SMILES string of the molecule is CC(=O)c1ccc(S(=O)(=O)N2CCC(C(=O)Nc3cccc4ccccc34)CC2)cc1. The zero-order chi connectivity index (χ0) is 22.0. The smallest absolute Gasteiger partial charge is 0.243 e. The Balaban J connectivity index is 1.42. The molecule has 1 N–H and O–H groups in total. The molecule has 160 valence electrons. The van der Waals surface area contributed by atoms with Crippen molar-refractivity contribution in [1.82, 2.24) is 4.31 Å². The van der Waals surface area contributed by atoms with E-state index in [4.69, 9.17) is 0 Å². The Hall–Kier alpha value is -3.03. The van der Waals surface area contributed by atoms with Crippen molar-refractivity contribution in [3.05, 3.63) is 72.3 Å². The topological polar surface area (TPSA) is 83.6 Å². The van der Waals surface area contributed by atoms with E-state index in [1.807, 2.05) is 42.5 Å². The highest BCUT2D eigenvalue weighted by Gasteiger charge is 2.32. The third-order valence-corrected chi connectivity index (χ3v) is 7.68. The fourth-order valence-corrected chi connectivity index (χ4v) is 5.41. The van der Waals surface area contributed by atoms with Crippen LogP contribution in [0.4, 0.5) is 5.69 Å². The van der Waals surface area contributed by atoms with Gasteiger partial charge >= 0.3 is 0 Å². The summed E-state index contributed by atoms with van der Waals surface area (Å²) in [5.74, 6) is -0.438. The largest absolute Gasteiger partial charge is 0.325 e. The Morgan fingerprint density at radius 1 is 0.903 bits per heavy atom. The molecule has 0 bridgehead atoms. The van der Waals surface area contributed by atoms with E-state index in [1.165, 1.54) is 35.5 Å². The monoisotopic (exact) mass is 436 g/mol. The summed E-state index contributed by atoms with van der Waals surface area (Å²) in [6.45, 7) is 2.01. The van der Waals surface area contributed by atoms with Crippen molar-refractivity contribution in [3.8, 4) is 0 Å². The molecule has 31 heavy (non-hydrogen) atoms. The molecule has 3 aromatic carbocycles. The average molecular weight is 437 g/mol. The van der Waals surface area contributed by atoms with Gasteiger partial charge in [0.05, 0.1) is 4.90 Å². The van der Waals surface area contributed by atoms with Crippen molar-refractivity contribution < 1.29 is 18.0 Å². The lowest BCUT2D eigenvalue weighted by atomic mass is 9.97. The Bertz CT molecular complexity index is 1220. The van der Waals surface area contributed by atoms with Crippen LogP contribution >= 0.6 is 0 Å². The Morgan fingerprint density at radius 3 is 2.23 bits per heavy atom. The van der Waals surface area contributed by atoms with E-state index in [0.29, 0.717) is 18.4 Å². The van der Waals surface area contributed by atoms with Crippen molar-refractivity contribution in [3.63, 3.8) is 0 Å². The maximum atomic E-state index is 12.9. The van der Waals surface area contributed by atoms with Gasteiger partial charge in [0.2, 0.25) is 15.9 Å². The first-order valence-electron chi connectivity index (χ1n) is 10.3. The van der Waals surface area contributed by atoms with Gasteiger partial charge in [-0.2, -0.15) is 4.31 Å². The molecule has 0 radical (unpaired) electrons. The Kier molecular flexibility index (Phi) is 5.89. The summed E-state index contributed by atoms with van der Waals surface area (Å²) < 4.78 is 27.3. The molecule has 1 saturated heterocycles. The van der Waals surface area contributed by atoms with Crippen LogP contribution in [-0.2, 0) is 14.8 Å². The highest BCUT2D eigenvalue weighted by molar-refractivity contribution is 7.89. The van der Waals surface area contributed by atoms with E-state index >= 15 is 0 Å². The molecule has 0 spiro atoms. The third-order valence-electron chi connectivity index (χ3n) is 5.77. The number of amides is 1. The van der Waals surface area contributed by atoms with Crippen molar-refractivity contribution in [2.75, 3.05) is 18.4 Å². The summed E-state index contributed by atoms with van der Waals surface area (Å²) in [6.07, 6.45) is 0.919. The number of hydrogen-bond acceptors (Lipinski definition) is 4. The molecule has 0 saturated carbocycles. The minimum Gasteiger partial charge on any atom is -0.325 e. The minimum atomic E-state index is -3.65. The number of ketones is 1. The lowest BCUT2D eigenvalue weighted by Crippen LogP contribution is -2.41. The number of piperidine rings is 1. The van der Waals surface area contributed by atoms with Gasteiger partial charge in [-0.05, 0) is 43.4 Å². The fourth-order valence-electron chi connectivity index (χ4n) is 3.94. The number of sulfonamides is 1. The first kappa shape index (κ1) is 21.2. The van der Waals surface area contributed by atoms with Crippen LogP contribution in [0.1, 0.15) is 30.1 Å². The number of anilines is 1. The predicted molar refractivity (Wildman–Crippen MR) is 121 cm³/mol. The van der Waals surface area contributed by atoms with Crippen LogP contribution < -0.4 is 5.32 Å². The standard InChI is InChI=1S/C24H24N2O4S/c1-17(27)18-9-11-21(12-10-18)31(29,30)26-15-13-20(14-16-26)24(28)25-23-8-4-6-19-5-2-3-7-22(19)23/h2-12,20H,13-16H2,1H3,(H,25,28). The molecule has 3 aromatic rings. The number of benzene rings is 3. The lowest BCUT2D eigenvalue weighted by molar-refractivity contribution is -0.120. The van der Waals surface area contributed by atoms with E-state index < -0.39 is 10.0 Å². The number of carbonyl (C=O) groups excluding carboxylic acids is 2. The van der Waals surface area contributed by atoms with Gasteiger partial charge in [0.15, 0.2) is 5.78 Å². The van der Waals surface area contributed by atoms with E-state index in [0.717, 1.165) is 16.5 Å². The number of fused-ring (bicyclic) bond motifs is 1. The van der Waals surface area contributed by atoms with Gasteiger partial charge in [0.1, 0.15) is 0 Å². The summed E-state index contributed by atoms with van der Waals surface area (Å²) in [6, 6.07) is 19.6. The van der Waals surface area contributed by atoms with E-state index in [2.05, 4.69) is 5.32 Å². The second-order valence-electron chi connectivity index (χ2n) is 7.77. The molecule has 6 nitrogen and oxygen atoms in total. The molecule has 0 aliphatic carbocycles. The molecule has 1 aliphatic heterocycles. The van der Waals surface area contributed by atoms with Crippen LogP contribution in [-0.4, -0.2) is 37.5 Å². The highest BCUT2D eigenvalue weighted by atomic mass is 32.2. The Morgan fingerprint density at radius 2 is 1.55 bits per heavy atom. The molecule has 0 aromatic heterocycles. The molecule has 1 heterocycles. The number of hydrogen-bond donors (Lipinski definition) is 1. The molecule has 4 rings (SSSR count). The van der Waals surface area contributed by atoms with E-state index in [-0.39, 0.29) is 35.6 Å². The summed E-state index contributed by atoms with van der Waals surface area (Å²) in [5, 5.41) is 5.05. The van der Waals surface area contributed by atoms with Gasteiger partial charge in [0, 0.05) is 35.6 Å². The van der Waals surface area contributed by atoms with Crippen molar-refractivity contribution in [2.45, 2.75) is 24.7 Å². The van der Waals surface area contributed by atoms with Crippen molar-refractivity contribution >= 4 is 38.2 Å². The van der Waals surface area contributed by atoms with Crippen LogP contribution in [0, 0.1) is 5.92 Å². The second kappa shape index (κ2) is 8.61. The highest BCUT2D eigenvalue weighted by Crippen LogP contribution is 2.27. The number of Topliss-reactive ketones (excluding diaryl/α,β-unsaturated/α-hetero) is 1. The van der Waals surface area contributed by atoms with Gasteiger partial charge in [-0.15, -0.1) is 0 Å². The van der Waals surface area contributed by atoms with Crippen molar-refractivity contribution in [2.24, 2.45) is 5.92 Å². The van der Waals surface area contributed by atoms with Gasteiger partial charge in [-0.25, -0.2) is 8.42 Å². The summed E-state index contributed by atoms with van der Waals surface area (Å²) in [7, 11) is -3.65. The van der Waals surface area contributed by atoms with Crippen LogP contribution in [0.15, 0.2) is 71.6 Å². The molecule has 0 atom stereocenters. The molecular formula is C24H24N2O4S. The maximum absolute atomic E-state index is 12.9. The van der Waals surface area contributed by atoms with Gasteiger partial charge < -0.3 is 5.32 Å². The van der Waals surface area contributed by atoms with E-state index in [1.54, 1.807) is 0 Å². The second-order valence-corrected chi connectivity index (χ2v) is 9.71. The van der Waals surface area contributed by atoms with E-state index in [9.17, 15) is 18.0 Å². The number of carbonyl (C=O) groups is 2. The summed E-state index contributed by atoms with van der Waals surface area (Å²) in [4.78, 5) is 24.4. The fraction of sp³-hybridized carbons (Fsp3) is 0.250. The lowest BCUT2D eigenvalue weighted by Gasteiger charge is -2.30. The van der Waals surface area contributed by atoms with Gasteiger partial charge in [0.25, 0.3) is 0 Å². The van der Waals surface area contributed by atoms with Crippen LogP contribution in [0.25, 0.3) is 10.8 Å². The summed E-state index contributed by atoms with van der Waals surface area (Å²) in [5.41, 5.74) is 1.24. The molecule has 0 unspecified atom stereocenters. The number of nitrogens with one attached hydrogen (secondary N) is 1. The summed E-state index contributed by atoms with van der Waals surface area (Å²) >= 11 is 0. The average Bonchev–Trinajstić information content (AvgIpc) is 2.79. The third kappa shape index (κ3) is 4.38. The van der Waals surface area contributed by atoms with Gasteiger partial charge in [-0.1, -0.05) is 48.5 Å². The number of rotatable bonds is 5. The zero-order valence-electron chi connectivity index (χ0n) is 17.2. The predicted octanol–water partition coefficient (Wildman–Crippen LogP) is 4.08. The number of nitrogens with zero attached hydrogens (tertiary/aromatic N) is 1. The minimum absolute atomic E-state index is 0.0841. The molecule has 1 fully saturated rings. The Labute approximate surface area is 181 Å². The molecule has 7 heteroatoms. The normalized spacial score (nSPS) is 15.6. The quantitative estimate of drug-likeness (QED) is 0.611. The van der Waals surface area contributed by atoms with Gasteiger partial charge in [-0.3, -0.25) is 9.59 Å². The zero-order valence-corrected chi connectivity index (χ0v) is 18.1. The molecule has 1 amide bonds. The molecule has 1 aliphatic rings. The van der Waals surface area contributed by atoms with Crippen LogP contribution in [0.3, 0.4) is 0 Å². The first-order chi connectivity index (χ1) is 14.9. The van der Waals surface area contributed by atoms with Crippen LogP contribution in [0.2, 0.25) is 0 Å². The maximum Gasteiger partial charge on any atom is 0.243 e. The molecular weight excluding hydrogens is 412 g/mol. The van der Waals surface area contributed by atoms with Crippen molar-refractivity contribution in [1.29, 1.82) is 0 Å². The van der Waals surface area contributed by atoms with Crippen LogP contribution in [0.5, 0.6) is 0 Å². The first-order valence-corrected chi connectivity index (χ1v) is 11.7.